The lowest BCUT2D eigenvalue weighted by Gasteiger charge is -1.90. The molecule has 0 aromatic heterocycles. The van der Waals surface area contributed by atoms with Crippen LogP contribution in [0.4, 0.5) is 0 Å². The Bertz CT molecular complexity index is 28.9. The molecule has 0 amide bonds. The predicted octanol–water partition coefficient (Wildman–Crippen LogP) is -0.519. The van der Waals surface area contributed by atoms with Gasteiger partial charge in [0.25, 0.3) is 0 Å². The van der Waals surface area contributed by atoms with E-state index in [0.717, 1.165) is 17.1 Å². The van der Waals surface area contributed by atoms with Gasteiger partial charge in [-0.2, -0.15) is 0 Å². The molecule has 0 saturated carbocycles. The van der Waals surface area contributed by atoms with Gasteiger partial charge in [0.2, 0.25) is 0 Å². The lowest BCUT2D eigenvalue weighted by molar-refractivity contribution is 0.375. The Kier molecular flexibility index (Phi) is 14.0. The standard InChI is InChI=1S/C3H9N.C2H8OSi/c1-4(2)3;1-2-3-4/h1-3H3;2H2,1,4H3. The summed E-state index contributed by atoms with van der Waals surface area (Å²) in [5, 5.41) is 0. The van der Waals surface area contributed by atoms with Crippen molar-refractivity contribution in [2.24, 2.45) is 0 Å². The van der Waals surface area contributed by atoms with Crippen LogP contribution in [0.3, 0.4) is 0 Å². The second-order valence-corrected chi connectivity index (χ2v) is 2.50. The Morgan fingerprint density at radius 2 is 1.50 bits per heavy atom. The molecule has 0 heterocycles. The molecule has 0 aliphatic rings. The number of nitrogens with zero attached hydrogens (tertiary/aromatic N) is 1. The van der Waals surface area contributed by atoms with Crippen LogP contribution in [0, 0.1) is 0 Å². The third-order valence-corrected chi connectivity index (χ3v) is 0.866. The van der Waals surface area contributed by atoms with Crippen molar-refractivity contribution in [2.75, 3.05) is 27.7 Å². The monoisotopic (exact) mass is 135 g/mol. The van der Waals surface area contributed by atoms with Gasteiger partial charge >= 0.3 is 0 Å². The van der Waals surface area contributed by atoms with E-state index in [9.17, 15) is 0 Å². The maximum atomic E-state index is 4.68. The van der Waals surface area contributed by atoms with Crippen molar-refractivity contribution < 1.29 is 4.43 Å². The molecule has 0 N–H and O–H groups in total. The van der Waals surface area contributed by atoms with Gasteiger partial charge in [0.15, 0.2) is 0 Å². The highest BCUT2D eigenvalue weighted by atomic mass is 28.2. The molecule has 0 spiro atoms. The van der Waals surface area contributed by atoms with Gasteiger partial charge in [0.1, 0.15) is 10.5 Å². The minimum absolute atomic E-state index is 0.881. The van der Waals surface area contributed by atoms with Crippen molar-refractivity contribution in [2.45, 2.75) is 6.92 Å². The minimum Gasteiger partial charge on any atom is -0.428 e. The second kappa shape index (κ2) is 10.2. The van der Waals surface area contributed by atoms with E-state index < -0.39 is 0 Å². The zero-order chi connectivity index (χ0) is 6.99. The second-order valence-electron chi connectivity index (χ2n) is 1.92. The number of hydrogen-bond acceptors (Lipinski definition) is 2. The van der Waals surface area contributed by atoms with E-state index in [-0.39, 0.29) is 0 Å². The Morgan fingerprint density at radius 3 is 1.50 bits per heavy atom. The van der Waals surface area contributed by atoms with Crippen LogP contribution in [0.5, 0.6) is 0 Å². The molecule has 52 valence electrons. The maximum Gasteiger partial charge on any atom is 0.145 e. The van der Waals surface area contributed by atoms with Gasteiger partial charge in [-0.25, -0.2) is 0 Å². The summed E-state index contributed by atoms with van der Waals surface area (Å²) in [6, 6.07) is 0. The van der Waals surface area contributed by atoms with Gasteiger partial charge in [0, 0.05) is 6.61 Å². The molecule has 0 atom stereocenters. The summed E-state index contributed by atoms with van der Waals surface area (Å²) in [6.07, 6.45) is 0. The molecule has 0 aliphatic carbocycles. The average Bonchev–Trinajstić information content (AvgIpc) is 1.65. The van der Waals surface area contributed by atoms with Crippen molar-refractivity contribution in [1.82, 2.24) is 4.90 Å². The van der Waals surface area contributed by atoms with E-state index in [0.29, 0.717) is 0 Å². The van der Waals surface area contributed by atoms with Crippen LogP contribution in [0.15, 0.2) is 0 Å². The number of hydrogen-bond donors (Lipinski definition) is 0. The first-order valence-corrected chi connectivity index (χ1v) is 3.56. The van der Waals surface area contributed by atoms with Gasteiger partial charge < -0.3 is 9.33 Å². The predicted molar refractivity (Wildman–Crippen MR) is 41.2 cm³/mol. The zero-order valence-electron chi connectivity index (χ0n) is 6.56. The van der Waals surface area contributed by atoms with Crippen LogP contribution in [0.25, 0.3) is 0 Å². The molecule has 0 aromatic rings. The van der Waals surface area contributed by atoms with Crippen molar-refractivity contribution in [3.05, 3.63) is 0 Å². The van der Waals surface area contributed by atoms with Crippen molar-refractivity contribution in [1.29, 1.82) is 0 Å². The molecule has 0 aromatic carbocycles. The van der Waals surface area contributed by atoms with E-state index in [1.807, 2.05) is 33.0 Å². The molecular weight excluding hydrogens is 118 g/mol. The lowest BCUT2D eigenvalue weighted by Crippen LogP contribution is -1.99. The zero-order valence-corrected chi connectivity index (χ0v) is 8.56. The first-order chi connectivity index (χ1) is 3.65. The Labute approximate surface area is 55.4 Å². The largest absolute Gasteiger partial charge is 0.428 e. The van der Waals surface area contributed by atoms with Crippen LogP contribution in [0.2, 0.25) is 0 Å². The normalized spacial score (nSPS) is 8.62. The van der Waals surface area contributed by atoms with E-state index >= 15 is 0 Å². The molecular formula is C5H17NOSi. The highest BCUT2D eigenvalue weighted by Gasteiger charge is 1.58. The molecule has 0 rings (SSSR count). The number of rotatable bonds is 1. The first kappa shape index (κ1) is 11.0. The molecule has 8 heavy (non-hydrogen) atoms. The summed E-state index contributed by atoms with van der Waals surface area (Å²) in [5.74, 6) is 0. The van der Waals surface area contributed by atoms with Gasteiger partial charge in [-0.1, -0.05) is 0 Å². The van der Waals surface area contributed by atoms with Crippen LogP contribution in [0.1, 0.15) is 6.92 Å². The Hall–Kier alpha value is 0.137. The van der Waals surface area contributed by atoms with Crippen LogP contribution in [-0.2, 0) is 4.43 Å². The van der Waals surface area contributed by atoms with Crippen LogP contribution < -0.4 is 0 Å². The highest BCUT2D eigenvalue weighted by molar-refractivity contribution is 5.97. The van der Waals surface area contributed by atoms with Crippen LogP contribution >= 0.6 is 0 Å². The van der Waals surface area contributed by atoms with E-state index in [1.165, 1.54) is 0 Å². The molecule has 0 aliphatic heterocycles. The fraction of sp³-hybridized carbons (Fsp3) is 1.00. The highest BCUT2D eigenvalue weighted by Crippen LogP contribution is 1.50. The van der Waals surface area contributed by atoms with Crippen LogP contribution in [-0.4, -0.2) is 43.1 Å². The topological polar surface area (TPSA) is 12.5 Å². The third kappa shape index (κ3) is 125. The SMILES string of the molecule is CCO[SiH3].CN(C)C. The quantitative estimate of drug-likeness (QED) is 0.449. The molecule has 2 nitrogen and oxygen atoms in total. The molecule has 0 radical (unpaired) electrons. The Morgan fingerprint density at radius 1 is 1.38 bits per heavy atom. The smallest absolute Gasteiger partial charge is 0.145 e. The first-order valence-electron chi connectivity index (χ1n) is 2.75. The fourth-order valence-electron chi connectivity index (χ4n) is 0. The van der Waals surface area contributed by atoms with Crippen molar-refractivity contribution in [3.8, 4) is 0 Å². The summed E-state index contributed by atoms with van der Waals surface area (Å²) >= 11 is 0. The summed E-state index contributed by atoms with van der Waals surface area (Å²) in [6.45, 7) is 2.87. The molecule has 0 unspecified atom stereocenters. The molecule has 0 fully saturated rings. The molecule has 0 saturated heterocycles. The summed E-state index contributed by atoms with van der Waals surface area (Å²) in [4.78, 5) is 2.00. The fourth-order valence-corrected chi connectivity index (χ4v) is 0. The molecule has 0 bridgehead atoms. The van der Waals surface area contributed by atoms with Gasteiger partial charge in [-0.15, -0.1) is 0 Å². The van der Waals surface area contributed by atoms with Crippen molar-refractivity contribution >= 4 is 10.5 Å². The lowest BCUT2D eigenvalue weighted by atomic mass is 10.9. The van der Waals surface area contributed by atoms with Gasteiger partial charge in [-0.05, 0) is 28.1 Å². The van der Waals surface area contributed by atoms with E-state index in [2.05, 4.69) is 4.43 Å². The third-order valence-electron chi connectivity index (χ3n) is 0.289. The average molecular weight is 135 g/mol. The maximum absolute atomic E-state index is 4.68. The Balaban J connectivity index is 0. The summed E-state index contributed by atoms with van der Waals surface area (Å²) < 4.78 is 4.68. The summed E-state index contributed by atoms with van der Waals surface area (Å²) in [5.41, 5.74) is 0. The minimum atomic E-state index is 0.881. The van der Waals surface area contributed by atoms with Crippen molar-refractivity contribution in [3.63, 3.8) is 0 Å². The molecule has 3 heteroatoms. The van der Waals surface area contributed by atoms with E-state index in [4.69, 9.17) is 0 Å². The summed E-state index contributed by atoms with van der Waals surface area (Å²) in [7, 11) is 6.89. The van der Waals surface area contributed by atoms with Gasteiger partial charge in [-0.3, -0.25) is 0 Å². The van der Waals surface area contributed by atoms with Gasteiger partial charge in [0.05, 0.1) is 0 Å². The van der Waals surface area contributed by atoms with E-state index in [1.54, 1.807) is 0 Å².